The zero-order valence-corrected chi connectivity index (χ0v) is 25.1. The molecule has 7 atom stereocenters. The molecule has 3 fully saturated rings. The summed E-state index contributed by atoms with van der Waals surface area (Å²) in [5, 5.41) is 19.2. The standard InChI is InChI=1S/C34H43N3O5/c1-32-14-11-23(18-22(32)9-10-25-26(32)12-15-33(2)27(25)13-16-34(33,3)40)37-42-20-30(38)36-29(31(39)41-4)17-21-19-35-28-8-6-5-7-24(21)28/h5-8,11,14,18-19,25-27,29,35,40H,9-10,12-13,15-17,20H2,1-4H3,(H,36,38)/b37-23-/t25?,26?,27?,29?,32?,33?,34-/m0/s1. The lowest BCUT2D eigenvalue weighted by molar-refractivity contribution is -0.145. The normalized spacial score (nSPS) is 35.1. The largest absolute Gasteiger partial charge is 0.467 e. The number of aliphatic hydroxyl groups is 1. The predicted molar refractivity (Wildman–Crippen MR) is 162 cm³/mol. The van der Waals surface area contributed by atoms with Crippen molar-refractivity contribution >= 4 is 28.5 Å². The van der Waals surface area contributed by atoms with E-state index in [-0.39, 0.29) is 17.4 Å². The Hall–Kier alpha value is -3.39. The molecule has 3 N–H and O–H groups in total. The first kappa shape index (κ1) is 28.7. The Morgan fingerprint density at radius 1 is 1.14 bits per heavy atom. The van der Waals surface area contributed by atoms with Gasteiger partial charge in [0.15, 0.2) is 6.61 Å². The SMILES string of the molecule is COC(=O)C(Cc1c[nH]c2ccccc12)NC(=O)CO/N=C1/C=CC2(C)C(=C1)CCC1C2CCC2(C)C1CC[C@]2(C)O. The summed E-state index contributed by atoms with van der Waals surface area (Å²) in [5.74, 6) is 0.792. The van der Waals surface area contributed by atoms with E-state index in [1.807, 2.05) is 43.5 Å². The van der Waals surface area contributed by atoms with Crippen LogP contribution in [0.2, 0.25) is 0 Å². The minimum absolute atomic E-state index is 0.00739. The molecule has 42 heavy (non-hydrogen) atoms. The van der Waals surface area contributed by atoms with E-state index in [0.717, 1.165) is 55.0 Å². The van der Waals surface area contributed by atoms with Gasteiger partial charge in [0.05, 0.1) is 12.7 Å². The number of methoxy groups -OCH3 is 1. The van der Waals surface area contributed by atoms with E-state index >= 15 is 0 Å². The van der Waals surface area contributed by atoms with Crippen LogP contribution in [0.3, 0.4) is 0 Å². The van der Waals surface area contributed by atoms with Crippen LogP contribution in [0.4, 0.5) is 0 Å². The highest BCUT2D eigenvalue weighted by atomic mass is 16.6. The third-order valence-electron chi connectivity index (χ3n) is 11.4. The van der Waals surface area contributed by atoms with E-state index in [0.29, 0.717) is 29.9 Å². The number of benzene rings is 1. The third kappa shape index (κ3) is 4.77. The fourth-order valence-electron chi connectivity index (χ4n) is 8.77. The Labute approximate surface area is 247 Å². The predicted octanol–water partition coefficient (Wildman–Crippen LogP) is 5.23. The molecule has 0 bridgehead atoms. The Morgan fingerprint density at radius 2 is 1.93 bits per heavy atom. The molecule has 4 aliphatic rings. The Balaban J connectivity index is 1.08. The number of para-hydroxylation sites is 1. The summed E-state index contributed by atoms with van der Waals surface area (Å²) in [5.41, 5.74) is 3.37. The molecule has 6 rings (SSSR count). The van der Waals surface area contributed by atoms with Gasteiger partial charge in [-0.15, -0.1) is 0 Å². The van der Waals surface area contributed by atoms with Crippen molar-refractivity contribution in [1.29, 1.82) is 0 Å². The molecule has 0 aliphatic heterocycles. The Kier molecular flexibility index (Phi) is 7.32. The van der Waals surface area contributed by atoms with Gasteiger partial charge in [-0.1, -0.05) is 48.9 Å². The van der Waals surface area contributed by atoms with Gasteiger partial charge in [0.1, 0.15) is 11.8 Å². The molecule has 1 amide bonds. The number of oxime groups is 1. The summed E-state index contributed by atoms with van der Waals surface area (Å²) in [4.78, 5) is 33.9. The highest BCUT2D eigenvalue weighted by Crippen LogP contribution is 2.66. The molecule has 4 aliphatic carbocycles. The van der Waals surface area contributed by atoms with Crippen LogP contribution < -0.4 is 5.32 Å². The highest BCUT2D eigenvalue weighted by molar-refractivity contribution is 6.05. The fourth-order valence-corrected chi connectivity index (χ4v) is 8.77. The van der Waals surface area contributed by atoms with Gasteiger partial charge in [0.2, 0.25) is 0 Å². The smallest absolute Gasteiger partial charge is 0.328 e. The van der Waals surface area contributed by atoms with Gasteiger partial charge in [-0.2, -0.15) is 0 Å². The molecule has 1 aromatic heterocycles. The van der Waals surface area contributed by atoms with Crippen LogP contribution in [0.15, 0.2) is 59.4 Å². The first-order valence-corrected chi connectivity index (χ1v) is 15.3. The fraction of sp³-hybridized carbons (Fsp3) is 0.559. The molecule has 0 saturated heterocycles. The molecule has 8 nitrogen and oxygen atoms in total. The van der Waals surface area contributed by atoms with Crippen molar-refractivity contribution < 1.29 is 24.3 Å². The van der Waals surface area contributed by atoms with Crippen molar-refractivity contribution in [3.05, 3.63) is 59.8 Å². The number of aromatic amines is 1. The summed E-state index contributed by atoms with van der Waals surface area (Å²) in [6.45, 7) is 6.42. The lowest BCUT2D eigenvalue weighted by atomic mass is 9.47. The van der Waals surface area contributed by atoms with E-state index in [1.165, 1.54) is 12.7 Å². The number of rotatable bonds is 7. The maximum Gasteiger partial charge on any atom is 0.328 e. The van der Waals surface area contributed by atoms with Crippen molar-refractivity contribution in [2.75, 3.05) is 13.7 Å². The molecule has 3 saturated carbocycles. The molecule has 1 aromatic carbocycles. The van der Waals surface area contributed by atoms with Crippen molar-refractivity contribution in [3.8, 4) is 0 Å². The molecule has 1 heterocycles. The van der Waals surface area contributed by atoms with Crippen LogP contribution in [-0.2, 0) is 25.6 Å². The van der Waals surface area contributed by atoms with Crippen molar-refractivity contribution in [3.63, 3.8) is 0 Å². The molecule has 6 unspecified atom stereocenters. The maximum atomic E-state index is 12.7. The third-order valence-corrected chi connectivity index (χ3v) is 11.4. The molecule has 224 valence electrons. The molecule has 0 spiro atoms. The van der Waals surface area contributed by atoms with Crippen LogP contribution in [0.25, 0.3) is 10.9 Å². The van der Waals surface area contributed by atoms with Gasteiger partial charge in [-0.05, 0) is 92.4 Å². The quantitative estimate of drug-likeness (QED) is 0.310. The second kappa shape index (κ2) is 10.7. The molecular weight excluding hydrogens is 530 g/mol. The second-order valence-electron chi connectivity index (χ2n) is 13.5. The van der Waals surface area contributed by atoms with Gasteiger partial charge in [0.25, 0.3) is 5.91 Å². The van der Waals surface area contributed by atoms with Crippen LogP contribution in [0.1, 0.15) is 64.9 Å². The van der Waals surface area contributed by atoms with Crippen LogP contribution in [-0.4, -0.2) is 53.0 Å². The zero-order valence-electron chi connectivity index (χ0n) is 25.1. The average Bonchev–Trinajstić information content (AvgIpc) is 3.49. The summed E-state index contributed by atoms with van der Waals surface area (Å²) < 4.78 is 4.95. The van der Waals surface area contributed by atoms with Gasteiger partial charge < -0.3 is 25.0 Å². The van der Waals surface area contributed by atoms with Crippen LogP contribution in [0, 0.1) is 28.6 Å². The van der Waals surface area contributed by atoms with Crippen molar-refractivity contribution in [1.82, 2.24) is 10.3 Å². The first-order chi connectivity index (χ1) is 20.1. The number of hydrogen-bond donors (Lipinski definition) is 3. The molecule has 2 aromatic rings. The van der Waals surface area contributed by atoms with E-state index in [1.54, 1.807) is 0 Å². The van der Waals surface area contributed by atoms with Crippen molar-refractivity contribution in [2.45, 2.75) is 77.4 Å². The topological polar surface area (TPSA) is 113 Å². The monoisotopic (exact) mass is 573 g/mol. The number of esters is 1. The number of amides is 1. The molecule has 0 radical (unpaired) electrons. The van der Waals surface area contributed by atoms with Crippen LogP contribution >= 0.6 is 0 Å². The number of carbonyl (C=O) groups is 2. The Morgan fingerprint density at radius 3 is 2.74 bits per heavy atom. The summed E-state index contributed by atoms with van der Waals surface area (Å²) in [6.07, 6.45) is 14.9. The van der Waals surface area contributed by atoms with E-state index in [2.05, 4.69) is 41.5 Å². The minimum atomic E-state index is -0.841. The maximum absolute atomic E-state index is 12.7. The number of carbonyl (C=O) groups excluding carboxylic acids is 2. The lowest BCUT2D eigenvalue weighted by Gasteiger charge is -2.58. The number of hydrogen-bond acceptors (Lipinski definition) is 6. The number of fused-ring (bicyclic) bond motifs is 6. The van der Waals surface area contributed by atoms with Crippen molar-refractivity contribution in [2.24, 2.45) is 33.7 Å². The number of nitrogens with zero attached hydrogens (tertiary/aromatic N) is 1. The van der Waals surface area contributed by atoms with E-state index in [9.17, 15) is 14.7 Å². The number of H-pyrrole nitrogens is 1. The highest BCUT2D eigenvalue weighted by Gasteiger charge is 2.62. The average molecular weight is 574 g/mol. The Bertz CT molecular complexity index is 1470. The minimum Gasteiger partial charge on any atom is -0.467 e. The van der Waals surface area contributed by atoms with E-state index in [4.69, 9.17) is 9.57 Å². The first-order valence-electron chi connectivity index (χ1n) is 15.3. The summed E-state index contributed by atoms with van der Waals surface area (Å²) >= 11 is 0. The summed E-state index contributed by atoms with van der Waals surface area (Å²) in [7, 11) is 1.31. The number of allylic oxidation sites excluding steroid dienone is 4. The van der Waals surface area contributed by atoms with E-state index < -0.39 is 23.5 Å². The van der Waals surface area contributed by atoms with Crippen LogP contribution in [0.5, 0.6) is 0 Å². The zero-order chi connectivity index (χ0) is 29.7. The van der Waals surface area contributed by atoms with Gasteiger partial charge in [-0.3, -0.25) is 4.79 Å². The van der Waals surface area contributed by atoms with Gasteiger partial charge in [-0.25, -0.2) is 4.79 Å². The van der Waals surface area contributed by atoms with Gasteiger partial charge in [0, 0.05) is 28.9 Å². The number of aromatic nitrogens is 1. The number of nitrogens with one attached hydrogen (secondary N) is 2. The number of ether oxygens (including phenoxy) is 1. The van der Waals surface area contributed by atoms with Gasteiger partial charge >= 0.3 is 5.97 Å². The lowest BCUT2D eigenvalue weighted by Crippen LogP contribution is -2.53. The second-order valence-corrected chi connectivity index (χ2v) is 13.5. The molecular formula is C34H43N3O5. The summed E-state index contributed by atoms with van der Waals surface area (Å²) in [6, 6.07) is 6.98. The molecule has 8 heteroatoms.